The Morgan fingerprint density at radius 3 is 1.95 bits per heavy atom. The van der Waals surface area contributed by atoms with Gasteiger partial charge in [-0.1, -0.05) is 31.1 Å². The summed E-state index contributed by atoms with van der Waals surface area (Å²) in [7, 11) is 0. The molecule has 0 spiro atoms. The second-order valence-electron chi connectivity index (χ2n) is 4.64. The van der Waals surface area contributed by atoms with Gasteiger partial charge in [0.2, 0.25) is 0 Å². The maximum absolute atomic E-state index is 8.43. The first-order valence-electron chi connectivity index (χ1n) is 6.24. The van der Waals surface area contributed by atoms with Crippen LogP contribution in [0.2, 0.25) is 0 Å². The van der Waals surface area contributed by atoms with Gasteiger partial charge in [-0.25, -0.2) is 0 Å². The van der Waals surface area contributed by atoms with Crippen molar-refractivity contribution in [3.8, 4) is 11.5 Å². The van der Waals surface area contributed by atoms with E-state index in [-0.39, 0.29) is 0 Å². The van der Waals surface area contributed by atoms with Crippen molar-refractivity contribution in [1.82, 2.24) is 0 Å². The van der Waals surface area contributed by atoms with E-state index in [0.29, 0.717) is 5.92 Å². The van der Waals surface area contributed by atoms with Crippen molar-refractivity contribution in [2.24, 2.45) is 5.16 Å². The van der Waals surface area contributed by atoms with E-state index in [1.165, 1.54) is 11.8 Å². The standard InChI is InChI=1S/C16H17NO2/c1-12(2)14-5-9-16(10-6-14)19-15-7-3-13(4-8-15)11-17-18/h3-12,18H,1-2H3. The minimum absolute atomic E-state index is 0.520. The van der Waals surface area contributed by atoms with Gasteiger partial charge in [-0.2, -0.15) is 0 Å². The summed E-state index contributed by atoms with van der Waals surface area (Å²) >= 11 is 0. The van der Waals surface area contributed by atoms with E-state index in [4.69, 9.17) is 9.94 Å². The van der Waals surface area contributed by atoms with E-state index < -0.39 is 0 Å². The number of hydrogen-bond donors (Lipinski definition) is 1. The van der Waals surface area contributed by atoms with Crippen LogP contribution in [0, 0.1) is 0 Å². The van der Waals surface area contributed by atoms with Gasteiger partial charge in [0.25, 0.3) is 0 Å². The van der Waals surface area contributed by atoms with Crippen LogP contribution in [0.3, 0.4) is 0 Å². The molecule has 3 heteroatoms. The van der Waals surface area contributed by atoms with Crippen LogP contribution in [0.1, 0.15) is 30.9 Å². The Morgan fingerprint density at radius 1 is 0.947 bits per heavy atom. The number of ether oxygens (including phenoxy) is 1. The Hall–Kier alpha value is -2.29. The third-order valence-electron chi connectivity index (χ3n) is 2.87. The molecule has 2 aromatic rings. The normalized spacial score (nSPS) is 11.1. The Labute approximate surface area is 113 Å². The molecule has 0 saturated carbocycles. The minimum Gasteiger partial charge on any atom is -0.457 e. The summed E-state index contributed by atoms with van der Waals surface area (Å²) in [6, 6.07) is 15.4. The third kappa shape index (κ3) is 3.58. The van der Waals surface area contributed by atoms with E-state index >= 15 is 0 Å². The van der Waals surface area contributed by atoms with E-state index in [1.54, 1.807) is 0 Å². The summed E-state index contributed by atoms with van der Waals surface area (Å²) in [6.07, 6.45) is 1.38. The Balaban J connectivity index is 2.08. The molecule has 2 rings (SSSR count). The van der Waals surface area contributed by atoms with Crippen LogP contribution < -0.4 is 4.74 Å². The number of rotatable bonds is 4. The van der Waals surface area contributed by atoms with Gasteiger partial charge >= 0.3 is 0 Å². The molecule has 0 aliphatic rings. The molecule has 98 valence electrons. The molecule has 1 N–H and O–H groups in total. The molecule has 0 atom stereocenters. The highest BCUT2D eigenvalue weighted by Crippen LogP contribution is 2.24. The van der Waals surface area contributed by atoms with Crippen molar-refractivity contribution in [3.63, 3.8) is 0 Å². The number of hydrogen-bond acceptors (Lipinski definition) is 3. The summed E-state index contributed by atoms with van der Waals surface area (Å²) in [6.45, 7) is 4.33. The second kappa shape index (κ2) is 6.05. The van der Waals surface area contributed by atoms with Gasteiger partial charge in [0.05, 0.1) is 6.21 Å². The smallest absolute Gasteiger partial charge is 0.127 e. The average Bonchev–Trinajstić information content (AvgIpc) is 2.42. The number of oxime groups is 1. The third-order valence-corrected chi connectivity index (χ3v) is 2.87. The minimum atomic E-state index is 0.520. The Kier molecular flexibility index (Phi) is 4.18. The molecule has 3 nitrogen and oxygen atoms in total. The molecule has 0 heterocycles. The van der Waals surface area contributed by atoms with Crippen molar-refractivity contribution in [2.75, 3.05) is 0 Å². The average molecular weight is 255 g/mol. The summed E-state index contributed by atoms with van der Waals surface area (Å²) in [5.74, 6) is 2.09. The highest BCUT2D eigenvalue weighted by molar-refractivity contribution is 5.79. The monoisotopic (exact) mass is 255 g/mol. The summed E-state index contributed by atoms with van der Waals surface area (Å²) in [5, 5.41) is 11.4. The predicted octanol–water partition coefficient (Wildman–Crippen LogP) is 4.41. The van der Waals surface area contributed by atoms with Gasteiger partial charge in [0.1, 0.15) is 11.5 Å². The lowest BCUT2D eigenvalue weighted by atomic mass is 10.0. The van der Waals surface area contributed by atoms with E-state index in [9.17, 15) is 0 Å². The number of nitrogens with zero attached hydrogens (tertiary/aromatic N) is 1. The molecular weight excluding hydrogens is 238 g/mol. The zero-order valence-electron chi connectivity index (χ0n) is 11.1. The zero-order valence-corrected chi connectivity index (χ0v) is 11.1. The quantitative estimate of drug-likeness (QED) is 0.499. The molecule has 19 heavy (non-hydrogen) atoms. The maximum atomic E-state index is 8.43. The highest BCUT2D eigenvalue weighted by Gasteiger charge is 2.00. The molecule has 0 aliphatic carbocycles. The summed E-state index contributed by atoms with van der Waals surface area (Å²) in [5.41, 5.74) is 2.12. The predicted molar refractivity (Wildman–Crippen MR) is 76.4 cm³/mol. The van der Waals surface area contributed by atoms with Crippen molar-refractivity contribution in [1.29, 1.82) is 0 Å². The van der Waals surface area contributed by atoms with Crippen LogP contribution >= 0.6 is 0 Å². The molecule has 0 amide bonds. The van der Waals surface area contributed by atoms with Gasteiger partial charge in [-0.05, 0) is 53.4 Å². The first kappa shape index (κ1) is 13.1. The first-order valence-corrected chi connectivity index (χ1v) is 6.24. The van der Waals surface area contributed by atoms with Gasteiger partial charge < -0.3 is 9.94 Å². The van der Waals surface area contributed by atoms with E-state index in [1.807, 2.05) is 36.4 Å². The zero-order chi connectivity index (χ0) is 13.7. The second-order valence-corrected chi connectivity index (χ2v) is 4.64. The van der Waals surface area contributed by atoms with Crippen molar-refractivity contribution in [2.45, 2.75) is 19.8 Å². The molecule has 0 unspecified atom stereocenters. The molecule has 0 fully saturated rings. The fourth-order valence-electron chi connectivity index (χ4n) is 1.75. The lowest BCUT2D eigenvalue weighted by Crippen LogP contribution is -1.88. The van der Waals surface area contributed by atoms with Gasteiger partial charge in [0.15, 0.2) is 0 Å². The van der Waals surface area contributed by atoms with Crippen molar-refractivity contribution < 1.29 is 9.94 Å². The molecular formula is C16H17NO2. The lowest BCUT2D eigenvalue weighted by Gasteiger charge is -2.08. The first-order chi connectivity index (χ1) is 9.19. The summed E-state index contributed by atoms with van der Waals surface area (Å²) in [4.78, 5) is 0. The van der Waals surface area contributed by atoms with Crippen LogP contribution in [0.25, 0.3) is 0 Å². The van der Waals surface area contributed by atoms with Gasteiger partial charge in [-0.15, -0.1) is 0 Å². The summed E-state index contributed by atoms with van der Waals surface area (Å²) < 4.78 is 5.74. The van der Waals surface area contributed by atoms with Gasteiger partial charge in [0, 0.05) is 0 Å². The topological polar surface area (TPSA) is 41.8 Å². The van der Waals surface area contributed by atoms with Crippen molar-refractivity contribution in [3.05, 3.63) is 59.7 Å². The molecule has 0 bridgehead atoms. The van der Waals surface area contributed by atoms with Crippen LogP contribution in [0.5, 0.6) is 11.5 Å². The molecule has 2 aromatic carbocycles. The fraction of sp³-hybridized carbons (Fsp3) is 0.188. The molecule has 0 aromatic heterocycles. The van der Waals surface area contributed by atoms with E-state index in [0.717, 1.165) is 17.1 Å². The maximum Gasteiger partial charge on any atom is 0.127 e. The highest BCUT2D eigenvalue weighted by atomic mass is 16.5. The Morgan fingerprint density at radius 2 is 1.47 bits per heavy atom. The lowest BCUT2D eigenvalue weighted by molar-refractivity contribution is 0.322. The molecule has 0 aliphatic heterocycles. The molecule has 0 saturated heterocycles. The van der Waals surface area contributed by atoms with Gasteiger partial charge in [-0.3, -0.25) is 0 Å². The van der Waals surface area contributed by atoms with Crippen LogP contribution in [-0.4, -0.2) is 11.4 Å². The fourth-order valence-corrected chi connectivity index (χ4v) is 1.75. The van der Waals surface area contributed by atoms with E-state index in [2.05, 4.69) is 31.1 Å². The van der Waals surface area contributed by atoms with Crippen molar-refractivity contribution >= 4 is 6.21 Å². The largest absolute Gasteiger partial charge is 0.457 e. The molecule has 0 radical (unpaired) electrons. The Bertz CT molecular complexity index is 542. The van der Waals surface area contributed by atoms with Crippen LogP contribution in [-0.2, 0) is 0 Å². The van der Waals surface area contributed by atoms with Crippen LogP contribution in [0.4, 0.5) is 0 Å². The number of benzene rings is 2. The SMILES string of the molecule is CC(C)c1ccc(Oc2ccc(C=NO)cc2)cc1. The van der Waals surface area contributed by atoms with Crippen LogP contribution in [0.15, 0.2) is 53.7 Å².